The number of anilines is 8. The smallest absolute Gasteiger partial charge is 0.297 e. The third-order valence-electron chi connectivity index (χ3n) is 14.0. The molecule has 9 aromatic carbocycles. The van der Waals surface area contributed by atoms with Crippen molar-refractivity contribution in [1.82, 2.24) is 29.9 Å². The van der Waals surface area contributed by atoms with Gasteiger partial charge in [0.15, 0.2) is 11.5 Å². The Morgan fingerprint density at radius 2 is 0.608 bits per heavy atom. The summed E-state index contributed by atoms with van der Waals surface area (Å²) in [6, 6.07) is 18.7. The van der Waals surface area contributed by atoms with Gasteiger partial charge in [0, 0.05) is 43.7 Å². The Bertz CT molecular complexity index is 6180. The van der Waals surface area contributed by atoms with E-state index in [1.165, 1.54) is 24.3 Å². The Morgan fingerprint density at radius 3 is 0.912 bits per heavy atom. The molecule has 14 N–H and O–H groups in total. The third-order valence-corrected chi connectivity index (χ3v) is 21.6. The first-order chi connectivity index (χ1) is 47.2. The third kappa shape index (κ3) is 15.2. The van der Waals surface area contributed by atoms with Crippen LogP contribution in [0.3, 0.4) is 0 Å². The summed E-state index contributed by atoms with van der Waals surface area (Å²) in [5.74, 6) is -4.33. The van der Waals surface area contributed by atoms with E-state index in [2.05, 4.69) is 71.6 Å². The molecule has 0 atom stereocenters. The predicted octanol–water partition coefficient (Wildman–Crippen LogP) is 9.17. The second kappa shape index (κ2) is 26.1. The highest BCUT2D eigenvalue weighted by molar-refractivity contribution is 7.88. The average molecular weight is 1600 g/mol. The van der Waals surface area contributed by atoms with Crippen LogP contribution in [0.5, 0.6) is 11.5 Å². The number of hydrogen-bond acceptors (Lipinski definition) is 32. The number of azo groups is 2. The standard InChI is InChI=1S/C52H34Cl2N14O26S8/c53-47-59-49(63-51(61-47)57-33-19-29-21(15-37(33)97(77,78)79)17-39(99(83,84)85)41(43(29)69)67-65-31-13-11-25-27(45(31)101(89,90)91)3-1-5-35(25)95(71,72)73)55-23-7-9-24(10-8-23)56-50-60-48(54)62-52(64-50)58-34-20-30-22(16-38(34)98(80,81)82)18-40(100(86,87)88)42(44(30)70)68-66-32-14-12-26-28(46(32)102(92,93)94)4-2-6-36(26)96(74,75)76/h1-20,69-70H,(H,71,72,73)(H,74,75,76)(H,77,78,79)(H,80,81,82)(H,83,84,85)(H,86,87,88)(H,89,90,91)(H,92,93,94)(H2,55,57,59,61,63)(H2,56,58,60,62,64). The van der Waals surface area contributed by atoms with Crippen LogP contribution in [0.15, 0.2) is 181 Å². The van der Waals surface area contributed by atoms with E-state index in [4.69, 9.17) is 23.2 Å². The van der Waals surface area contributed by atoms with Crippen molar-refractivity contribution in [3.8, 4) is 11.5 Å². The van der Waals surface area contributed by atoms with Crippen LogP contribution in [0.1, 0.15) is 0 Å². The molecule has 11 aromatic rings. The molecule has 0 saturated heterocycles. The molecule has 0 aliphatic heterocycles. The molecule has 0 radical (unpaired) electrons. The molecule has 0 fully saturated rings. The van der Waals surface area contributed by atoms with Crippen LogP contribution in [0, 0.1) is 0 Å². The molecule has 530 valence electrons. The van der Waals surface area contributed by atoms with E-state index in [1.54, 1.807) is 0 Å². The minimum absolute atomic E-state index is 0.171. The Hall–Kier alpha value is -10.1. The van der Waals surface area contributed by atoms with Crippen LogP contribution in [0.2, 0.25) is 10.6 Å². The monoisotopic (exact) mass is 1600 g/mol. The van der Waals surface area contributed by atoms with E-state index >= 15 is 0 Å². The lowest BCUT2D eigenvalue weighted by Gasteiger charge is -2.15. The number of hydrogen-bond donors (Lipinski definition) is 14. The van der Waals surface area contributed by atoms with Crippen LogP contribution in [-0.2, 0) is 80.9 Å². The highest BCUT2D eigenvalue weighted by atomic mass is 35.5. The molecule has 2 heterocycles. The molecule has 40 nitrogen and oxygen atoms in total. The van der Waals surface area contributed by atoms with Gasteiger partial charge in [-0.2, -0.15) is 97.2 Å². The largest absolute Gasteiger partial charge is 0.505 e. The fraction of sp³-hybridized carbons (Fsp3) is 0. The number of aromatic nitrogens is 6. The molecule has 2 aromatic heterocycles. The van der Waals surface area contributed by atoms with Crippen molar-refractivity contribution in [2.45, 2.75) is 39.2 Å². The Kier molecular flexibility index (Phi) is 18.7. The quantitative estimate of drug-likeness (QED) is 0.0250. The van der Waals surface area contributed by atoms with Gasteiger partial charge in [-0.15, -0.1) is 20.5 Å². The number of halogens is 2. The molecule has 0 unspecified atom stereocenters. The summed E-state index contributed by atoms with van der Waals surface area (Å²) in [6.07, 6.45) is 0. The number of benzene rings is 9. The number of phenols is 2. The molecule has 0 amide bonds. The first kappa shape index (κ1) is 73.1. The zero-order chi connectivity index (χ0) is 74.5. The van der Waals surface area contributed by atoms with Gasteiger partial charge < -0.3 is 31.5 Å². The number of nitrogens with one attached hydrogen (secondary N) is 4. The van der Waals surface area contributed by atoms with Crippen molar-refractivity contribution in [3.63, 3.8) is 0 Å². The minimum Gasteiger partial charge on any atom is -0.505 e. The van der Waals surface area contributed by atoms with Gasteiger partial charge in [-0.3, -0.25) is 36.4 Å². The Morgan fingerprint density at radius 1 is 0.304 bits per heavy atom. The predicted molar refractivity (Wildman–Crippen MR) is 355 cm³/mol. The second-order valence-electron chi connectivity index (χ2n) is 20.6. The maximum Gasteiger partial charge on any atom is 0.297 e. The van der Waals surface area contributed by atoms with E-state index < -0.39 is 231 Å². The molecule has 50 heteroatoms. The topological polar surface area (TPSA) is 650 Å². The number of fused-ring (bicyclic) bond motifs is 4. The van der Waals surface area contributed by atoms with Gasteiger partial charge in [-0.25, -0.2) is 0 Å². The summed E-state index contributed by atoms with van der Waals surface area (Å²) in [4.78, 5) is 15.5. The summed E-state index contributed by atoms with van der Waals surface area (Å²) in [6.45, 7) is 0. The van der Waals surface area contributed by atoms with Crippen LogP contribution in [-0.4, -0.2) is 144 Å². The van der Waals surface area contributed by atoms with Crippen LogP contribution in [0.4, 0.5) is 69.3 Å². The van der Waals surface area contributed by atoms with Crippen molar-refractivity contribution < 1.29 is 114 Å². The lowest BCUT2D eigenvalue weighted by atomic mass is 10.1. The van der Waals surface area contributed by atoms with Crippen LogP contribution >= 0.6 is 23.2 Å². The molecule has 0 aliphatic carbocycles. The van der Waals surface area contributed by atoms with E-state index in [0.717, 1.165) is 72.8 Å². The Balaban J connectivity index is 0.869. The van der Waals surface area contributed by atoms with E-state index in [0.29, 0.717) is 24.3 Å². The van der Waals surface area contributed by atoms with Crippen molar-refractivity contribution in [1.29, 1.82) is 0 Å². The van der Waals surface area contributed by atoms with Crippen molar-refractivity contribution in [2.75, 3.05) is 21.3 Å². The number of aromatic hydroxyl groups is 2. The summed E-state index contributed by atoms with van der Waals surface area (Å²) in [5, 5.41) is 43.1. The highest BCUT2D eigenvalue weighted by Crippen LogP contribution is 2.48. The lowest BCUT2D eigenvalue weighted by Crippen LogP contribution is -2.08. The number of phenolic OH excluding ortho intramolecular Hbond substituents is 2. The SMILES string of the molecule is O=S(=O)(O)c1cc2cc(S(=O)(=O)O)c(N=Nc3ccc4c(S(=O)(=O)O)cccc4c3S(=O)(=O)O)c(O)c2cc1Nc1nc(Cl)nc(Nc2ccc(Nc3nc(Cl)nc(Nc4cc5c(O)c(N=Nc6ccc7c(S(=O)(=O)O)cccc7c6S(=O)(=O)O)c(S(=O)(=O)O)cc5cc4S(=O)(=O)O)n3)cc2)n1. The summed E-state index contributed by atoms with van der Waals surface area (Å²) in [5.41, 5.74) is -4.92. The van der Waals surface area contributed by atoms with Gasteiger partial charge in [0.25, 0.3) is 80.9 Å². The molecular formula is C52H34Cl2N14O26S8. The van der Waals surface area contributed by atoms with Crippen LogP contribution in [0.25, 0.3) is 43.1 Å². The Labute approximate surface area is 580 Å². The lowest BCUT2D eigenvalue weighted by molar-refractivity contribution is 0.471. The second-order valence-corrected chi connectivity index (χ2v) is 32.3. The van der Waals surface area contributed by atoms with Crippen molar-refractivity contribution in [2.24, 2.45) is 20.5 Å². The van der Waals surface area contributed by atoms with Gasteiger partial charge in [0.05, 0.1) is 11.4 Å². The van der Waals surface area contributed by atoms with E-state index in [-0.39, 0.29) is 23.3 Å². The summed E-state index contributed by atoms with van der Waals surface area (Å²) in [7, 11) is -42.5. The van der Waals surface area contributed by atoms with Gasteiger partial charge in [0.2, 0.25) is 34.4 Å². The van der Waals surface area contributed by atoms with Gasteiger partial charge in [-0.1, -0.05) is 36.4 Å². The highest BCUT2D eigenvalue weighted by Gasteiger charge is 2.31. The van der Waals surface area contributed by atoms with Gasteiger partial charge in [-0.05, 0) is 119 Å². The summed E-state index contributed by atoms with van der Waals surface area (Å²) < 4.78 is 283. The molecule has 11 rings (SSSR count). The number of nitrogens with zero attached hydrogens (tertiary/aromatic N) is 10. The van der Waals surface area contributed by atoms with Gasteiger partial charge >= 0.3 is 0 Å². The number of rotatable bonds is 20. The zero-order valence-electron chi connectivity index (χ0n) is 49.0. The maximum atomic E-state index is 12.9. The van der Waals surface area contributed by atoms with Crippen molar-refractivity contribution in [3.05, 3.63) is 132 Å². The van der Waals surface area contributed by atoms with Crippen LogP contribution < -0.4 is 21.3 Å². The molecule has 0 aliphatic rings. The minimum atomic E-state index is -5.49. The van der Waals surface area contributed by atoms with Crippen molar-refractivity contribution >= 4 is 217 Å². The molecule has 102 heavy (non-hydrogen) atoms. The first-order valence-corrected chi connectivity index (χ1v) is 38.9. The zero-order valence-corrected chi connectivity index (χ0v) is 57.1. The summed E-state index contributed by atoms with van der Waals surface area (Å²) >= 11 is 12.5. The fourth-order valence-electron chi connectivity index (χ4n) is 9.95. The maximum absolute atomic E-state index is 12.9. The molecule has 0 bridgehead atoms. The van der Waals surface area contributed by atoms with E-state index in [1.807, 2.05) is 0 Å². The molecule has 0 saturated carbocycles. The average Bonchev–Trinajstić information content (AvgIpc) is 0.762. The molecule has 0 spiro atoms. The molecular weight excluding hydrogens is 1560 g/mol. The van der Waals surface area contributed by atoms with Gasteiger partial charge in [0.1, 0.15) is 61.9 Å². The fourth-order valence-corrected chi connectivity index (χ4v) is 16.0. The first-order valence-electron chi connectivity index (χ1n) is 26.7. The van der Waals surface area contributed by atoms with E-state index in [9.17, 15) is 114 Å². The normalized spacial score (nSPS) is 13.0.